The largest absolute Gasteiger partial charge is 0.460 e. The van der Waals surface area contributed by atoms with Gasteiger partial charge in [0.2, 0.25) is 5.60 Å². The Balaban J connectivity index is 1.67. The maximum atomic E-state index is 13.1. The highest BCUT2D eigenvalue weighted by molar-refractivity contribution is 7.16. The minimum absolute atomic E-state index is 0.154. The molecule has 2 aromatic heterocycles. The molecule has 140 valence electrons. The minimum Gasteiger partial charge on any atom is -0.460 e. The van der Waals surface area contributed by atoms with Crippen molar-refractivity contribution in [2.75, 3.05) is 13.1 Å². The van der Waals surface area contributed by atoms with Gasteiger partial charge in [-0.25, -0.2) is 4.79 Å². The van der Waals surface area contributed by atoms with Crippen molar-refractivity contribution in [1.29, 1.82) is 0 Å². The lowest BCUT2D eigenvalue weighted by Gasteiger charge is -2.29. The van der Waals surface area contributed by atoms with Gasteiger partial charge >= 0.3 is 5.97 Å². The van der Waals surface area contributed by atoms with Crippen LogP contribution >= 0.6 is 22.7 Å². The van der Waals surface area contributed by atoms with Crippen LogP contribution in [0.3, 0.4) is 0 Å². The van der Waals surface area contributed by atoms with Gasteiger partial charge in [0.1, 0.15) is 6.10 Å². The molecule has 6 heteroatoms. The van der Waals surface area contributed by atoms with E-state index in [1.807, 2.05) is 53.9 Å². The summed E-state index contributed by atoms with van der Waals surface area (Å²) in [5, 5.41) is 16.7. The first-order valence-electron chi connectivity index (χ1n) is 9.02. The third kappa shape index (κ3) is 3.71. The van der Waals surface area contributed by atoms with Crippen molar-refractivity contribution >= 4 is 28.6 Å². The Hall–Kier alpha value is -1.99. The molecule has 4 nitrogen and oxygen atoms in total. The number of carbonyl (C=O) groups is 1. The molecule has 1 aliphatic heterocycles. The van der Waals surface area contributed by atoms with Gasteiger partial charge in [0.25, 0.3) is 0 Å². The number of ether oxygens (including phenoxy) is 1. The van der Waals surface area contributed by atoms with Crippen molar-refractivity contribution in [3.05, 3.63) is 69.7 Å². The number of benzene rings is 1. The third-order valence-electron chi connectivity index (χ3n) is 4.75. The van der Waals surface area contributed by atoms with Crippen LogP contribution in [0.15, 0.2) is 60.0 Å². The fourth-order valence-electron chi connectivity index (χ4n) is 3.25. The highest BCUT2D eigenvalue weighted by atomic mass is 32.1. The quantitative estimate of drug-likeness (QED) is 0.637. The average molecular weight is 400 g/mol. The van der Waals surface area contributed by atoms with E-state index >= 15 is 0 Å². The van der Waals surface area contributed by atoms with Crippen LogP contribution in [0.25, 0.3) is 10.4 Å². The molecule has 0 amide bonds. The highest BCUT2D eigenvalue weighted by Crippen LogP contribution is 2.41. The van der Waals surface area contributed by atoms with Crippen LogP contribution in [0.2, 0.25) is 0 Å². The average Bonchev–Trinajstić information content (AvgIpc) is 3.41. The Morgan fingerprint density at radius 2 is 1.81 bits per heavy atom. The fraction of sp³-hybridized carbons (Fsp3) is 0.286. The zero-order valence-corrected chi connectivity index (χ0v) is 16.4. The Morgan fingerprint density at radius 3 is 2.52 bits per heavy atom. The SMILES string of the molecule is O=C(OC1CCNCC1)[C@@](O)(c1cccs1)c1ccc(-c2ccccc2)s1. The maximum Gasteiger partial charge on any atom is 0.349 e. The van der Waals surface area contributed by atoms with Gasteiger partial charge in [-0.2, -0.15) is 0 Å². The molecule has 1 aromatic carbocycles. The number of nitrogens with one attached hydrogen (secondary N) is 1. The summed E-state index contributed by atoms with van der Waals surface area (Å²) < 4.78 is 5.73. The standard InChI is InChI=1S/C21H21NO3S2/c23-20(25-16-10-12-22-13-11-16)21(24,18-7-4-14-26-18)19-9-8-17(27-19)15-5-2-1-3-6-15/h1-9,14,16,22,24H,10-13H2/t21-/m1/s1. The number of hydrogen-bond acceptors (Lipinski definition) is 6. The minimum atomic E-state index is -1.77. The Bertz CT molecular complexity index is 885. The predicted octanol–water partition coefficient (Wildman–Crippen LogP) is 4.01. The van der Waals surface area contributed by atoms with Crippen molar-refractivity contribution in [3.63, 3.8) is 0 Å². The van der Waals surface area contributed by atoms with Crippen LogP contribution in [0.4, 0.5) is 0 Å². The third-order valence-corrected chi connectivity index (χ3v) is 6.98. The molecule has 0 bridgehead atoms. The summed E-state index contributed by atoms with van der Waals surface area (Å²) in [5.41, 5.74) is -0.703. The summed E-state index contributed by atoms with van der Waals surface area (Å²) >= 11 is 2.79. The Labute approximate surface area is 166 Å². The van der Waals surface area contributed by atoms with Crippen LogP contribution in [-0.4, -0.2) is 30.3 Å². The van der Waals surface area contributed by atoms with Gasteiger partial charge in [0, 0.05) is 4.88 Å². The summed E-state index contributed by atoms with van der Waals surface area (Å²) in [6.45, 7) is 1.65. The van der Waals surface area contributed by atoms with Crippen LogP contribution in [0.1, 0.15) is 22.6 Å². The van der Waals surface area contributed by atoms with Gasteiger partial charge in [-0.05, 0) is 55.1 Å². The lowest BCUT2D eigenvalue weighted by Crippen LogP contribution is -2.42. The zero-order chi connectivity index (χ0) is 18.7. The second-order valence-corrected chi connectivity index (χ2v) is 8.60. The van der Waals surface area contributed by atoms with Crippen LogP contribution in [-0.2, 0) is 15.1 Å². The van der Waals surface area contributed by atoms with Crippen molar-refractivity contribution in [2.24, 2.45) is 0 Å². The smallest absolute Gasteiger partial charge is 0.349 e. The van der Waals surface area contributed by atoms with E-state index in [1.54, 1.807) is 6.07 Å². The molecule has 2 N–H and O–H groups in total. The predicted molar refractivity (Wildman–Crippen MR) is 109 cm³/mol. The van der Waals surface area contributed by atoms with Gasteiger partial charge in [-0.1, -0.05) is 36.4 Å². The monoisotopic (exact) mass is 399 g/mol. The van der Waals surface area contributed by atoms with E-state index in [0.717, 1.165) is 36.4 Å². The van der Waals surface area contributed by atoms with Crippen LogP contribution in [0, 0.1) is 0 Å². The molecule has 0 spiro atoms. The second-order valence-electron chi connectivity index (χ2n) is 6.57. The topological polar surface area (TPSA) is 58.6 Å². The molecule has 27 heavy (non-hydrogen) atoms. The van der Waals surface area contributed by atoms with E-state index in [0.29, 0.717) is 9.75 Å². The van der Waals surface area contributed by atoms with Gasteiger partial charge < -0.3 is 15.2 Å². The molecular formula is C21H21NO3S2. The summed E-state index contributed by atoms with van der Waals surface area (Å²) in [6, 6.07) is 17.4. The van der Waals surface area contributed by atoms with E-state index in [1.165, 1.54) is 22.7 Å². The number of thiophene rings is 2. The molecular weight excluding hydrogens is 378 g/mol. The Morgan fingerprint density at radius 1 is 1.04 bits per heavy atom. The number of hydrogen-bond donors (Lipinski definition) is 2. The molecule has 0 unspecified atom stereocenters. The lowest BCUT2D eigenvalue weighted by molar-refractivity contribution is -0.168. The van der Waals surface area contributed by atoms with Crippen molar-refractivity contribution in [3.8, 4) is 10.4 Å². The van der Waals surface area contributed by atoms with E-state index in [-0.39, 0.29) is 6.10 Å². The van der Waals surface area contributed by atoms with Gasteiger partial charge in [-0.15, -0.1) is 22.7 Å². The molecule has 0 aliphatic carbocycles. The lowest BCUT2D eigenvalue weighted by atomic mass is 9.99. The molecule has 0 saturated carbocycles. The second kappa shape index (κ2) is 7.94. The zero-order valence-electron chi connectivity index (χ0n) is 14.8. The number of rotatable bonds is 5. The molecule has 4 rings (SSSR count). The van der Waals surface area contributed by atoms with Crippen molar-refractivity contribution in [2.45, 2.75) is 24.5 Å². The number of piperidine rings is 1. The Kier molecular flexibility index (Phi) is 5.41. The van der Waals surface area contributed by atoms with Crippen molar-refractivity contribution < 1.29 is 14.6 Å². The van der Waals surface area contributed by atoms with E-state index in [9.17, 15) is 9.90 Å². The highest BCUT2D eigenvalue weighted by Gasteiger charge is 2.45. The summed E-state index contributed by atoms with van der Waals surface area (Å²) in [5.74, 6) is -0.585. The maximum absolute atomic E-state index is 13.1. The van der Waals surface area contributed by atoms with Crippen molar-refractivity contribution in [1.82, 2.24) is 5.32 Å². The van der Waals surface area contributed by atoms with Crippen LogP contribution in [0.5, 0.6) is 0 Å². The van der Waals surface area contributed by atoms with Gasteiger partial charge in [0.05, 0.1) is 9.75 Å². The first kappa shape index (κ1) is 18.4. The fourth-order valence-corrected chi connectivity index (χ4v) is 5.24. The summed E-state index contributed by atoms with van der Waals surface area (Å²) in [7, 11) is 0. The normalized spacial score (nSPS) is 17.4. The van der Waals surface area contributed by atoms with Crippen LogP contribution < -0.4 is 5.32 Å². The van der Waals surface area contributed by atoms with E-state index < -0.39 is 11.6 Å². The molecule has 3 aromatic rings. The molecule has 1 atom stereocenters. The molecule has 3 heterocycles. The van der Waals surface area contributed by atoms with E-state index in [4.69, 9.17) is 4.74 Å². The first-order valence-corrected chi connectivity index (χ1v) is 10.7. The number of esters is 1. The molecule has 1 saturated heterocycles. The molecule has 1 aliphatic rings. The molecule has 0 radical (unpaired) electrons. The van der Waals surface area contributed by atoms with E-state index in [2.05, 4.69) is 5.32 Å². The van der Waals surface area contributed by atoms with Gasteiger partial charge in [-0.3, -0.25) is 0 Å². The number of carbonyl (C=O) groups excluding carboxylic acids is 1. The first-order chi connectivity index (χ1) is 13.2. The summed E-state index contributed by atoms with van der Waals surface area (Å²) in [6.07, 6.45) is 1.39. The number of aliphatic hydroxyl groups is 1. The molecule has 1 fully saturated rings. The summed E-state index contributed by atoms with van der Waals surface area (Å²) in [4.78, 5) is 15.3. The van der Waals surface area contributed by atoms with Gasteiger partial charge in [0.15, 0.2) is 0 Å².